The molecule has 1 unspecified atom stereocenters. The molecular weight excluding hydrogens is 236 g/mol. The van der Waals surface area contributed by atoms with E-state index in [0.717, 1.165) is 13.0 Å². The number of benzene rings is 1. The first-order valence-electron chi connectivity index (χ1n) is 6.58. The van der Waals surface area contributed by atoms with Gasteiger partial charge in [-0.25, -0.2) is 0 Å². The minimum atomic E-state index is 0.207. The van der Waals surface area contributed by atoms with Crippen LogP contribution in [0.15, 0.2) is 36.7 Å². The number of aromatic nitrogens is 2. The molecule has 1 aromatic carbocycles. The number of rotatable bonds is 5. The molecule has 1 heterocycles. The molecule has 4 nitrogen and oxygen atoms in total. The molecule has 0 aliphatic carbocycles. The maximum Gasteiger partial charge on any atom is 0.0539 e. The molecule has 2 N–H and O–H groups in total. The van der Waals surface area contributed by atoms with Gasteiger partial charge in [0.05, 0.1) is 6.20 Å². The van der Waals surface area contributed by atoms with Crippen molar-refractivity contribution < 1.29 is 0 Å². The molecule has 0 bridgehead atoms. The lowest BCUT2D eigenvalue weighted by molar-refractivity contribution is 0.738. The number of aryl methyl sites for hydroxylation is 1. The molecule has 0 saturated carbocycles. The highest BCUT2D eigenvalue weighted by Gasteiger charge is 2.04. The van der Waals surface area contributed by atoms with Gasteiger partial charge >= 0.3 is 0 Å². The summed E-state index contributed by atoms with van der Waals surface area (Å²) in [7, 11) is 4.03. The smallest absolute Gasteiger partial charge is 0.0539 e. The maximum absolute atomic E-state index is 5.81. The summed E-state index contributed by atoms with van der Waals surface area (Å²) in [4.78, 5) is 2.21. The Kier molecular flexibility index (Phi) is 4.22. The third kappa shape index (κ3) is 3.83. The molecule has 4 heteroatoms. The Morgan fingerprint density at radius 3 is 2.47 bits per heavy atom. The van der Waals surface area contributed by atoms with Crippen molar-refractivity contribution in [3.63, 3.8) is 0 Å². The van der Waals surface area contributed by atoms with E-state index in [4.69, 9.17) is 5.73 Å². The lowest BCUT2D eigenvalue weighted by Gasteiger charge is -2.19. The van der Waals surface area contributed by atoms with E-state index in [9.17, 15) is 0 Å². The molecular formula is C15H22N4. The van der Waals surface area contributed by atoms with Gasteiger partial charge in [-0.3, -0.25) is 4.68 Å². The van der Waals surface area contributed by atoms with Crippen LogP contribution in [0.2, 0.25) is 0 Å². The van der Waals surface area contributed by atoms with Gasteiger partial charge in [-0.1, -0.05) is 12.1 Å². The zero-order valence-electron chi connectivity index (χ0n) is 11.9. The van der Waals surface area contributed by atoms with Crippen LogP contribution in [0.25, 0.3) is 0 Å². The number of hydrogen-bond donors (Lipinski definition) is 1. The standard InChI is InChI=1S/C15H22N4/c1-12(16)8-13-4-6-15(7-5-13)18(2)10-14-9-17-19(3)11-14/h4-7,9,11-12H,8,10,16H2,1-3H3. The fraction of sp³-hybridized carbons (Fsp3) is 0.400. The van der Waals surface area contributed by atoms with Crippen LogP contribution < -0.4 is 10.6 Å². The molecule has 0 saturated heterocycles. The fourth-order valence-electron chi connectivity index (χ4n) is 2.18. The number of hydrogen-bond acceptors (Lipinski definition) is 3. The first kappa shape index (κ1) is 13.6. The van der Waals surface area contributed by atoms with E-state index < -0.39 is 0 Å². The minimum absolute atomic E-state index is 0.207. The molecule has 0 aliphatic heterocycles. The van der Waals surface area contributed by atoms with Crippen LogP contribution in [0.3, 0.4) is 0 Å². The average molecular weight is 258 g/mol. The molecule has 2 rings (SSSR count). The summed E-state index contributed by atoms with van der Waals surface area (Å²) in [6, 6.07) is 8.80. The maximum atomic E-state index is 5.81. The quantitative estimate of drug-likeness (QED) is 0.891. The van der Waals surface area contributed by atoms with Crippen LogP contribution in [-0.2, 0) is 20.0 Å². The summed E-state index contributed by atoms with van der Waals surface area (Å²) in [5.41, 5.74) is 9.51. The lowest BCUT2D eigenvalue weighted by atomic mass is 10.1. The van der Waals surface area contributed by atoms with Crippen LogP contribution in [0.1, 0.15) is 18.1 Å². The molecule has 1 aromatic heterocycles. The van der Waals surface area contributed by atoms with Crippen LogP contribution >= 0.6 is 0 Å². The summed E-state index contributed by atoms with van der Waals surface area (Å²) in [6.07, 6.45) is 4.87. The molecule has 0 amide bonds. The Morgan fingerprint density at radius 1 is 1.26 bits per heavy atom. The van der Waals surface area contributed by atoms with E-state index in [-0.39, 0.29) is 6.04 Å². The van der Waals surface area contributed by atoms with E-state index in [1.165, 1.54) is 16.8 Å². The van der Waals surface area contributed by atoms with E-state index in [0.29, 0.717) is 0 Å². The van der Waals surface area contributed by atoms with Crippen LogP contribution in [0.5, 0.6) is 0 Å². The second-order valence-corrected chi connectivity index (χ2v) is 5.23. The molecule has 1 atom stereocenters. The average Bonchev–Trinajstić information content (AvgIpc) is 2.75. The molecule has 19 heavy (non-hydrogen) atoms. The third-order valence-electron chi connectivity index (χ3n) is 3.11. The van der Waals surface area contributed by atoms with Crippen molar-refractivity contribution in [3.8, 4) is 0 Å². The van der Waals surface area contributed by atoms with E-state index in [2.05, 4.69) is 41.3 Å². The summed E-state index contributed by atoms with van der Waals surface area (Å²) >= 11 is 0. The monoisotopic (exact) mass is 258 g/mol. The third-order valence-corrected chi connectivity index (χ3v) is 3.11. The van der Waals surface area contributed by atoms with Gasteiger partial charge in [0.25, 0.3) is 0 Å². The van der Waals surface area contributed by atoms with Crippen LogP contribution in [-0.4, -0.2) is 22.9 Å². The van der Waals surface area contributed by atoms with E-state index in [1.54, 1.807) is 0 Å². The van der Waals surface area contributed by atoms with Gasteiger partial charge in [-0.05, 0) is 31.0 Å². The highest BCUT2D eigenvalue weighted by molar-refractivity contribution is 5.47. The Hall–Kier alpha value is -1.81. The van der Waals surface area contributed by atoms with Gasteiger partial charge in [-0.15, -0.1) is 0 Å². The number of nitrogens with zero attached hydrogens (tertiary/aromatic N) is 3. The predicted molar refractivity (Wildman–Crippen MR) is 79.1 cm³/mol. The van der Waals surface area contributed by atoms with Gasteiger partial charge in [0.2, 0.25) is 0 Å². The molecule has 0 fully saturated rings. The van der Waals surface area contributed by atoms with Crippen molar-refractivity contribution in [1.29, 1.82) is 0 Å². The predicted octanol–water partition coefficient (Wildman–Crippen LogP) is 1.95. The number of anilines is 1. The molecule has 2 aromatic rings. The zero-order valence-corrected chi connectivity index (χ0v) is 11.9. The van der Waals surface area contributed by atoms with Gasteiger partial charge in [0, 0.05) is 44.1 Å². The Morgan fingerprint density at radius 2 is 1.95 bits per heavy atom. The highest BCUT2D eigenvalue weighted by atomic mass is 15.2. The van der Waals surface area contributed by atoms with Crippen molar-refractivity contribution in [2.45, 2.75) is 25.9 Å². The molecule has 0 spiro atoms. The second kappa shape index (κ2) is 5.89. The Bertz CT molecular complexity index is 513. The van der Waals surface area contributed by atoms with Crippen molar-refractivity contribution >= 4 is 5.69 Å². The van der Waals surface area contributed by atoms with Crippen molar-refractivity contribution in [3.05, 3.63) is 47.8 Å². The Labute approximate surface area is 114 Å². The normalized spacial score (nSPS) is 12.4. The van der Waals surface area contributed by atoms with Gasteiger partial charge in [0.15, 0.2) is 0 Å². The summed E-state index contributed by atoms with van der Waals surface area (Å²) in [5, 5.41) is 4.19. The van der Waals surface area contributed by atoms with Crippen molar-refractivity contribution in [1.82, 2.24) is 9.78 Å². The topological polar surface area (TPSA) is 47.1 Å². The van der Waals surface area contributed by atoms with E-state index >= 15 is 0 Å². The van der Waals surface area contributed by atoms with Gasteiger partial charge < -0.3 is 10.6 Å². The van der Waals surface area contributed by atoms with Crippen LogP contribution in [0.4, 0.5) is 5.69 Å². The van der Waals surface area contributed by atoms with E-state index in [1.807, 2.05) is 31.0 Å². The zero-order chi connectivity index (χ0) is 13.8. The van der Waals surface area contributed by atoms with Crippen LogP contribution in [0, 0.1) is 0 Å². The summed E-state index contributed by atoms with van der Waals surface area (Å²) in [6.45, 7) is 2.89. The second-order valence-electron chi connectivity index (χ2n) is 5.23. The fourth-order valence-corrected chi connectivity index (χ4v) is 2.18. The van der Waals surface area contributed by atoms with Gasteiger partial charge in [0.1, 0.15) is 0 Å². The lowest BCUT2D eigenvalue weighted by Crippen LogP contribution is -2.18. The summed E-state index contributed by atoms with van der Waals surface area (Å²) in [5.74, 6) is 0. The van der Waals surface area contributed by atoms with Crippen molar-refractivity contribution in [2.24, 2.45) is 12.8 Å². The SMILES string of the molecule is CC(N)Cc1ccc(N(C)Cc2cnn(C)c2)cc1. The largest absolute Gasteiger partial charge is 0.370 e. The summed E-state index contributed by atoms with van der Waals surface area (Å²) < 4.78 is 1.83. The van der Waals surface area contributed by atoms with Crippen molar-refractivity contribution in [2.75, 3.05) is 11.9 Å². The first-order chi connectivity index (χ1) is 9.04. The molecule has 102 valence electrons. The van der Waals surface area contributed by atoms with Gasteiger partial charge in [-0.2, -0.15) is 5.10 Å². The number of nitrogens with two attached hydrogens (primary N) is 1. The molecule has 0 aliphatic rings. The first-order valence-corrected chi connectivity index (χ1v) is 6.58. The Balaban J connectivity index is 2.01. The molecule has 0 radical (unpaired) electrons. The highest BCUT2D eigenvalue weighted by Crippen LogP contribution is 2.16. The minimum Gasteiger partial charge on any atom is -0.370 e.